The molecule has 0 radical (unpaired) electrons. The van der Waals surface area contributed by atoms with Crippen LogP contribution < -0.4 is 0 Å². The smallest absolute Gasteiger partial charge is 0.189 e. The molecule has 3 aromatic rings. The summed E-state index contributed by atoms with van der Waals surface area (Å²) in [5, 5.41) is 10.2. The number of phenols is 1. The van der Waals surface area contributed by atoms with E-state index in [1.54, 1.807) is 35.9 Å². The summed E-state index contributed by atoms with van der Waals surface area (Å²) >= 11 is 1.55. The van der Waals surface area contributed by atoms with Crippen molar-refractivity contribution in [3.63, 3.8) is 0 Å². The Balaban J connectivity index is 1.92. The Morgan fingerprint density at radius 3 is 2.59 bits per heavy atom. The van der Waals surface area contributed by atoms with Gasteiger partial charge in [-0.2, -0.15) is 0 Å². The number of nitrogens with zero attached hydrogens (tertiary/aromatic N) is 3. The molecular formula is C12H9N3OS. The van der Waals surface area contributed by atoms with E-state index in [0.717, 1.165) is 21.8 Å². The van der Waals surface area contributed by atoms with Crippen LogP contribution in [-0.2, 0) is 6.42 Å². The van der Waals surface area contributed by atoms with Crippen LogP contribution in [0.25, 0.3) is 10.5 Å². The Morgan fingerprint density at radius 2 is 1.82 bits per heavy atom. The van der Waals surface area contributed by atoms with Gasteiger partial charge in [0.15, 0.2) is 10.5 Å². The second-order valence-electron chi connectivity index (χ2n) is 3.64. The first-order chi connectivity index (χ1) is 8.31. The van der Waals surface area contributed by atoms with E-state index >= 15 is 0 Å². The Bertz CT molecular complexity index is 615. The van der Waals surface area contributed by atoms with Crippen LogP contribution in [0.5, 0.6) is 5.75 Å². The van der Waals surface area contributed by atoms with Gasteiger partial charge in [0.2, 0.25) is 0 Å². The third-order valence-electron chi connectivity index (χ3n) is 2.38. The molecule has 0 fully saturated rings. The third-order valence-corrected chi connectivity index (χ3v) is 3.34. The summed E-state index contributed by atoms with van der Waals surface area (Å²) < 4.78 is 0. The Hall–Kier alpha value is -2.01. The van der Waals surface area contributed by atoms with Crippen LogP contribution >= 0.6 is 11.3 Å². The van der Waals surface area contributed by atoms with Crippen LogP contribution in [0.2, 0.25) is 0 Å². The molecule has 2 heterocycles. The molecule has 1 aromatic carbocycles. The maximum atomic E-state index is 9.20. The molecule has 0 amide bonds. The molecule has 3 rings (SSSR count). The van der Waals surface area contributed by atoms with E-state index in [1.165, 1.54) is 0 Å². The van der Waals surface area contributed by atoms with Crippen LogP contribution in [0.1, 0.15) is 10.6 Å². The first-order valence-corrected chi connectivity index (χ1v) is 5.97. The third kappa shape index (κ3) is 2.09. The molecule has 0 aliphatic rings. The maximum absolute atomic E-state index is 9.20. The van der Waals surface area contributed by atoms with E-state index in [0.29, 0.717) is 5.65 Å². The lowest BCUT2D eigenvalue weighted by Crippen LogP contribution is -1.86. The van der Waals surface area contributed by atoms with Crippen LogP contribution in [-0.4, -0.2) is 20.1 Å². The van der Waals surface area contributed by atoms with Crippen molar-refractivity contribution in [3.8, 4) is 5.75 Å². The van der Waals surface area contributed by atoms with Crippen molar-refractivity contribution in [2.45, 2.75) is 6.42 Å². The fraction of sp³-hybridized carbons (Fsp3) is 0.0833. The number of phenolic OH excluding ortho intramolecular Hbond substituents is 1. The molecule has 84 valence electrons. The molecule has 0 aliphatic heterocycles. The molecule has 17 heavy (non-hydrogen) atoms. The van der Waals surface area contributed by atoms with E-state index < -0.39 is 0 Å². The van der Waals surface area contributed by atoms with E-state index in [2.05, 4.69) is 15.0 Å². The second-order valence-corrected chi connectivity index (χ2v) is 4.70. The lowest BCUT2D eigenvalue weighted by molar-refractivity contribution is 0.475. The fourth-order valence-corrected chi connectivity index (χ4v) is 2.48. The molecule has 4 nitrogen and oxygen atoms in total. The van der Waals surface area contributed by atoms with Crippen molar-refractivity contribution in [3.05, 3.63) is 47.2 Å². The van der Waals surface area contributed by atoms with Gasteiger partial charge in [-0.25, -0.2) is 15.0 Å². The fourth-order valence-electron chi connectivity index (χ4n) is 1.58. The molecular weight excluding hydrogens is 234 g/mol. The zero-order chi connectivity index (χ0) is 11.7. The van der Waals surface area contributed by atoms with E-state index in [9.17, 15) is 5.11 Å². The van der Waals surface area contributed by atoms with Crippen molar-refractivity contribution in [1.82, 2.24) is 15.0 Å². The second kappa shape index (κ2) is 4.10. The van der Waals surface area contributed by atoms with Crippen LogP contribution in [0, 0.1) is 0 Å². The highest BCUT2D eigenvalue weighted by atomic mass is 32.1. The molecule has 0 aliphatic carbocycles. The summed E-state index contributed by atoms with van der Waals surface area (Å²) in [6.07, 6.45) is 4.06. The van der Waals surface area contributed by atoms with Crippen molar-refractivity contribution in [1.29, 1.82) is 0 Å². The molecule has 0 saturated carbocycles. The summed E-state index contributed by atoms with van der Waals surface area (Å²) in [4.78, 5) is 13.6. The molecule has 5 heteroatoms. The lowest BCUT2D eigenvalue weighted by atomic mass is 10.1. The minimum absolute atomic E-state index is 0.279. The summed E-state index contributed by atoms with van der Waals surface area (Å²) in [6, 6.07) is 7.14. The van der Waals surface area contributed by atoms with Crippen LogP contribution in [0.3, 0.4) is 0 Å². The molecule has 1 N–H and O–H groups in total. The summed E-state index contributed by atoms with van der Waals surface area (Å²) in [5.41, 5.74) is 1.81. The highest BCUT2D eigenvalue weighted by Crippen LogP contribution is 2.21. The van der Waals surface area contributed by atoms with Crippen LogP contribution in [0.4, 0.5) is 0 Å². The van der Waals surface area contributed by atoms with Crippen molar-refractivity contribution in [2.24, 2.45) is 0 Å². The van der Waals surface area contributed by atoms with E-state index in [-0.39, 0.29) is 5.75 Å². The number of benzene rings is 1. The zero-order valence-electron chi connectivity index (χ0n) is 8.87. The predicted molar refractivity (Wildman–Crippen MR) is 66.1 cm³/mol. The number of fused-ring (bicyclic) bond motifs is 1. The van der Waals surface area contributed by atoms with Crippen molar-refractivity contribution >= 4 is 21.8 Å². The maximum Gasteiger partial charge on any atom is 0.189 e. The lowest BCUT2D eigenvalue weighted by Gasteiger charge is -1.97. The van der Waals surface area contributed by atoms with Gasteiger partial charge in [0.1, 0.15) is 10.8 Å². The van der Waals surface area contributed by atoms with Gasteiger partial charge in [-0.1, -0.05) is 23.5 Å². The van der Waals surface area contributed by atoms with Gasteiger partial charge in [0, 0.05) is 18.8 Å². The number of aromatic nitrogens is 3. The highest BCUT2D eigenvalue weighted by Gasteiger charge is 2.06. The first-order valence-electron chi connectivity index (χ1n) is 5.15. The Kier molecular flexibility index (Phi) is 2.45. The molecule has 2 aromatic heterocycles. The highest BCUT2D eigenvalue weighted by molar-refractivity contribution is 7.18. The molecule has 0 unspecified atom stereocenters. The van der Waals surface area contributed by atoms with Crippen molar-refractivity contribution < 1.29 is 5.11 Å². The van der Waals surface area contributed by atoms with Gasteiger partial charge in [-0.3, -0.25) is 0 Å². The number of aromatic hydroxyl groups is 1. The van der Waals surface area contributed by atoms with Crippen molar-refractivity contribution in [2.75, 3.05) is 0 Å². The number of thiazole rings is 1. The summed E-state index contributed by atoms with van der Waals surface area (Å²) in [6.45, 7) is 0. The average molecular weight is 243 g/mol. The predicted octanol–water partition coefficient (Wildman–Crippen LogP) is 2.38. The van der Waals surface area contributed by atoms with Gasteiger partial charge in [-0.05, 0) is 17.7 Å². The molecule has 0 atom stereocenters. The van der Waals surface area contributed by atoms with Gasteiger partial charge >= 0.3 is 0 Å². The number of hydrogen-bond acceptors (Lipinski definition) is 5. The van der Waals surface area contributed by atoms with Gasteiger partial charge in [0.05, 0.1) is 0 Å². The monoisotopic (exact) mass is 243 g/mol. The molecule has 0 spiro atoms. The SMILES string of the molecule is Oc1ccc(Cc2nc3nccnc3s2)cc1. The summed E-state index contributed by atoms with van der Waals surface area (Å²) in [5.74, 6) is 0.279. The quantitative estimate of drug-likeness (QED) is 0.750. The van der Waals surface area contributed by atoms with Gasteiger partial charge < -0.3 is 5.11 Å². The minimum Gasteiger partial charge on any atom is -0.508 e. The largest absolute Gasteiger partial charge is 0.508 e. The first kappa shape index (κ1) is 10.2. The summed E-state index contributed by atoms with van der Waals surface area (Å²) in [7, 11) is 0. The number of rotatable bonds is 2. The van der Waals surface area contributed by atoms with E-state index in [1.807, 2.05) is 12.1 Å². The minimum atomic E-state index is 0.279. The van der Waals surface area contributed by atoms with E-state index in [4.69, 9.17) is 0 Å². The molecule has 0 bridgehead atoms. The van der Waals surface area contributed by atoms with Gasteiger partial charge in [-0.15, -0.1) is 0 Å². The Labute approximate surface area is 102 Å². The zero-order valence-corrected chi connectivity index (χ0v) is 9.68. The number of hydrogen-bond donors (Lipinski definition) is 1. The van der Waals surface area contributed by atoms with Gasteiger partial charge in [0.25, 0.3) is 0 Å². The average Bonchev–Trinajstić information content (AvgIpc) is 2.74. The Morgan fingerprint density at radius 1 is 1.06 bits per heavy atom. The van der Waals surface area contributed by atoms with Crippen LogP contribution in [0.15, 0.2) is 36.7 Å². The normalized spacial score (nSPS) is 10.8. The topological polar surface area (TPSA) is 58.9 Å². The standard InChI is InChI=1S/C12H9N3OS/c16-9-3-1-8(2-4-9)7-10-15-11-12(17-10)14-6-5-13-11/h1-6,16H,7H2. The molecule has 0 saturated heterocycles.